The minimum absolute atomic E-state index is 0.189. The first-order valence-electron chi connectivity index (χ1n) is 7.13. The summed E-state index contributed by atoms with van der Waals surface area (Å²) < 4.78 is 6.89. The van der Waals surface area contributed by atoms with Gasteiger partial charge in [0.15, 0.2) is 0 Å². The first-order chi connectivity index (χ1) is 11.3. The van der Waals surface area contributed by atoms with Crippen LogP contribution in [0.1, 0.15) is 15.9 Å². The van der Waals surface area contributed by atoms with Gasteiger partial charge >= 0.3 is 0 Å². The summed E-state index contributed by atoms with van der Waals surface area (Å²) in [6.45, 7) is 0.390. The molecule has 0 fully saturated rings. The van der Waals surface area contributed by atoms with Crippen molar-refractivity contribution in [2.45, 2.75) is 6.54 Å². The molecule has 1 aromatic carbocycles. The summed E-state index contributed by atoms with van der Waals surface area (Å²) in [7, 11) is 1.61. The summed E-state index contributed by atoms with van der Waals surface area (Å²) in [5.74, 6) is 0.560. The van der Waals surface area contributed by atoms with Gasteiger partial charge in [-0.3, -0.25) is 9.78 Å². The van der Waals surface area contributed by atoms with E-state index in [1.165, 1.54) is 6.20 Å². The number of benzene rings is 1. The minimum atomic E-state index is -0.189. The first kappa shape index (κ1) is 14.8. The van der Waals surface area contributed by atoms with Crippen LogP contribution in [0.3, 0.4) is 0 Å². The predicted molar refractivity (Wildman–Crippen MR) is 85.5 cm³/mol. The van der Waals surface area contributed by atoms with Gasteiger partial charge < -0.3 is 10.1 Å². The molecule has 0 aliphatic rings. The summed E-state index contributed by atoms with van der Waals surface area (Å²) in [6, 6.07) is 11.3. The molecule has 1 N–H and O–H groups in total. The van der Waals surface area contributed by atoms with Crippen LogP contribution >= 0.6 is 0 Å². The van der Waals surface area contributed by atoms with E-state index in [9.17, 15) is 4.79 Å². The topological polar surface area (TPSA) is 69.0 Å². The lowest BCUT2D eigenvalue weighted by molar-refractivity contribution is 0.0950. The molecule has 0 saturated carbocycles. The number of nitrogens with zero attached hydrogens (tertiary/aromatic N) is 3. The van der Waals surface area contributed by atoms with Crippen molar-refractivity contribution >= 4 is 5.91 Å². The number of methoxy groups -OCH3 is 1. The van der Waals surface area contributed by atoms with Crippen LogP contribution in [0.4, 0.5) is 0 Å². The average molecular weight is 308 g/mol. The predicted octanol–water partition coefficient (Wildman–Crippen LogP) is 2.21. The number of aromatic nitrogens is 3. The van der Waals surface area contributed by atoms with Crippen molar-refractivity contribution in [3.05, 3.63) is 72.3 Å². The standard InChI is InChI=1S/C17H16N4O2/c1-23-16-7-3-2-5-13(16)9-19-17(22)14-10-20-21(12-14)15-6-4-8-18-11-15/h2-8,10-12H,9H2,1H3,(H,19,22). The monoisotopic (exact) mass is 308 g/mol. The van der Waals surface area contributed by atoms with Gasteiger partial charge in [0, 0.05) is 24.5 Å². The van der Waals surface area contributed by atoms with Crippen LogP contribution < -0.4 is 10.1 Å². The highest BCUT2D eigenvalue weighted by Gasteiger charge is 2.10. The maximum absolute atomic E-state index is 12.2. The molecule has 0 radical (unpaired) electrons. The number of rotatable bonds is 5. The highest BCUT2D eigenvalue weighted by molar-refractivity contribution is 5.93. The number of nitrogens with one attached hydrogen (secondary N) is 1. The van der Waals surface area contributed by atoms with E-state index in [0.29, 0.717) is 12.1 Å². The van der Waals surface area contributed by atoms with Crippen LogP contribution in [0.25, 0.3) is 5.69 Å². The number of carbonyl (C=O) groups excluding carboxylic acids is 1. The molecular weight excluding hydrogens is 292 g/mol. The molecule has 1 amide bonds. The molecule has 0 unspecified atom stereocenters. The zero-order chi connectivity index (χ0) is 16.1. The summed E-state index contributed by atoms with van der Waals surface area (Å²) in [4.78, 5) is 16.3. The maximum Gasteiger partial charge on any atom is 0.254 e. The first-order valence-corrected chi connectivity index (χ1v) is 7.13. The van der Waals surface area contributed by atoms with E-state index >= 15 is 0 Å². The molecule has 0 spiro atoms. The highest BCUT2D eigenvalue weighted by Crippen LogP contribution is 2.17. The van der Waals surface area contributed by atoms with Gasteiger partial charge in [-0.15, -0.1) is 0 Å². The molecule has 3 rings (SSSR count). The van der Waals surface area contributed by atoms with Gasteiger partial charge in [0.2, 0.25) is 0 Å². The third-order valence-corrected chi connectivity index (χ3v) is 3.39. The largest absolute Gasteiger partial charge is 0.496 e. The van der Waals surface area contributed by atoms with Crippen LogP contribution in [0.2, 0.25) is 0 Å². The van der Waals surface area contributed by atoms with Gasteiger partial charge in [0.05, 0.1) is 30.8 Å². The molecular formula is C17H16N4O2. The Morgan fingerprint density at radius 2 is 2.09 bits per heavy atom. The van der Waals surface area contributed by atoms with Crippen molar-refractivity contribution in [1.29, 1.82) is 0 Å². The van der Waals surface area contributed by atoms with Gasteiger partial charge in [-0.05, 0) is 18.2 Å². The average Bonchev–Trinajstić information content (AvgIpc) is 3.11. The molecule has 0 atom stereocenters. The van der Waals surface area contributed by atoms with Crippen LogP contribution in [0.5, 0.6) is 5.75 Å². The van der Waals surface area contributed by atoms with Crippen LogP contribution in [-0.4, -0.2) is 27.8 Å². The second kappa shape index (κ2) is 6.74. The van der Waals surface area contributed by atoms with E-state index in [0.717, 1.165) is 17.0 Å². The van der Waals surface area contributed by atoms with Crippen molar-refractivity contribution in [2.24, 2.45) is 0 Å². The maximum atomic E-state index is 12.2. The summed E-state index contributed by atoms with van der Waals surface area (Å²) >= 11 is 0. The molecule has 2 heterocycles. The molecule has 2 aromatic heterocycles. The Morgan fingerprint density at radius 3 is 2.87 bits per heavy atom. The summed E-state index contributed by atoms with van der Waals surface area (Å²) in [5.41, 5.74) is 2.21. The van der Waals surface area contributed by atoms with E-state index in [-0.39, 0.29) is 5.91 Å². The number of para-hydroxylation sites is 1. The summed E-state index contributed by atoms with van der Waals surface area (Å²) in [6.07, 6.45) is 6.58. The van der Waals surface area contributed by atoms with E-state index < -0.39 is 0 Å². The lowest BCUT2D eigenvalue weighted by atomic mass is 10.2. The van der Waals surface area contributed by atoms with Crippen LogP contribution in [-0.2, 0) is 6.54 Å². The van der Waals surface area contributed by atoms with Crippen molar-refractivity contribution in [2.75, 3.05) is 7.11 Å². The van der Waals surface area contributed by atoms with Crippen molar-refractivity contribution in [1.82, 2.24) is 20.1 Å². The summed E-state index contributed by atoms with van der Waals surface area (Å²) in [5, 5.41) is 7.05. The van der Waals surface area contributed by atoms with Crippen molar-refractivity contribution < 1.29 is 9.53 Å². The zero-order valence-electron chi connectivity index (χ0n) is 12.6. The van der Waals surface area contributed by atoms with Gasteiger partial charge in [-0.1, -0.05) is 18.2 Å². The fraction of sp³-hybridized carbons (Fsp3) is 0.118. The molecule has 116 valence electrons. The van der Waals surface area contributed by atoms with Crippen LogP contribution in [0, 0.1) is 0 Å². The number of hydrogen-bond donors (Lipinski definition) is 1. The normalized spacial score (nSPS) is 10.3. The molecule has 6 heteroatoms. The Bertz CT molecular complexity index is 799. The SMILES string of the molecule is COc1ccccc1CNC(=O)c1cnn(-c2cccnc2)c1. The third-order valence-electron chi connectivity index (χ3n) is 3.39. The second-order valence-corrected chi connectivity index (χ2v) is 4.88. The van der Waals surface area contributed by atoms with Gasteiger partial charge in [-0.2, -0.15) is 5.10 Å². The van der Waals surface area contributed by atoms with E-state index in [1.807, 2.05) is 36.4 Å². The Kier molecular flexibility index (Phi) is 4.33. The Labute approximate surface area is 133 Å². The fourth-order valence-electron chi connectivity index (χ4n) is 2.20. The lowest BCUT2D eigenvalue weighted by Crippen LogP contribution is -2.22. The Hall–Kier alpha value is -3.15. The molecule has 0 aliphatic carbocycles. The second-order valence-electron chi connectivity index (χ2n) is 4.88. The van der Waals surface area contributed by atoms with E-state index in [4.69, 9.17) is 4.74 Å². The molecule has 3 aromatic rings. The number of carbonyl (C=O) groups is 1. The van der Waals surface area contributed by atoms with Gasteiger partial charge in [0.1, 0.15) is 5.75 Å². The Balaban J connectivity index is 1.68. The van der Waals surface area contributed by atoms with E-state index in [1.54, 1.807) is 30.4 Å². The third kappa shape index (κ3) is 3.37. The van der Waals surface area contributed by atoms with Gasteiger partial charge in [-0.25, -0.2) is 4.68 Å². The molecule has 23 heavy (non-hydrogen) atoms. The minimum Gasteiger partial charge on any atom is -0.496 e. The van der Waals surface area contributed by atoms with E-state index in [2.05, 4.69) is 15.4 Å². The van der Waals surface area contributed by atoms with Crippen molar-refractivity contribution in [3.63, 3.8) is 0 Å². The molecule has 0 aliphatic heterocycles. The smallest absolute Gasteiger partial charge is 0.254 e. The fourth-order valence-corrected chi connectivity index (χ4v) is 2.20. The molecule has 6 nitrogen and oxygen atoms in total. The van der Waals surface area contributed by atoms with Gasteiger partial charge in [0.25, 0.3) is 5.91 Å². The Morgan fingerprint density at radius 1 is 1.22 bits per heavy atom. The van der Waals surface area contributed by atoms with Crippen molar-refractivity contribution in [3.8, 4) is 11.4 Å². The number of pyridine rings is 1. The number of hydrogen-bond acceptors (Lipinski definition) is 4. The number of amides is 1. The van der Waals surface area contributed by atoms with Crippen LogP contribution in [0.15, 0.2) is 61.2 Å². The highest BCUT2D eigenvalue weighted by atomic mass is 16.5. The quantitative estimate of drug-likeness (QED) is 0.784. The zero-order valence-corrected chi connectivity index (χ0v) is 12.6. The molecule has 0 bridgehead atoms. The molecule has 0 saturated heterocycles. The number of ether oxygens (including phenoxy) is 1. The lowest BCUT2D eigenvalue weighted by Gasteiger charge is -2.08.